The predicted molar refractivity (Wildman–Crippen MR) is 115 cm³/mol. The number of nitrogens with one attached hydrogen (secondary N) is 1. The van der Waals surface area contributed by atoms with Crippen molar-refractivity contribution in [3.8, 4) is 17.2 Å². The van der Waals surface area contributed by atoms with Gasteiger partial charge in [-0.25, -0.2) is 4.79 Å². The maximum Gasteiger partial charge on any atom is 0.336 e. The lowest BCUT2D eigenvalue weighted by Crippen LogP contribution is -2.04. The average Bonchev–Trinajstić information content (AvgIpc) is 3.10. The molecule has 0 saturated carbocycles. The Morgan fingerprint density at radius 2 is 1.67 bits per heavy atom. The van der Waals surface area contributed by atoms with Crippen molar-refractivity contribution >= 4 is 39.8 Å². The van der Waals surface area contributed by atoms with Crippen LogP contribution < -0.4 is 14.2 Å². The molecule has 3 aromatic carbocycles. The highest BCUT2D eigenvalue weighted by Crippen LogP contribution is 2.30. The van der Waals surface area contributed by atoms with Gasteiger partial charge in [0.25, 0.3) is 0 Å². The van der Waals surface area contributed by atoms with E-state index in [4.69, 9.17) is 14.2 Å². The summed E-state index contributed by atoms with van der Waals surface area (Å²) >= 11 is 0. The van der Waals surface area contributed by atoms with Crippen LogP contribution in [0.25, 0.3) is 27.9 Å². The number of fused-ring (bicyclic) bond motifs is 3. The molecule has 0 aliphatic rings. The maximum absolute atomic E-state index is 12.3. The number of rotatable bonds is 5. The van der Waals surface area contributed by atoms with Gasteiger partial charge in [0.05, 0.1) is 7.11 Å². The highest BCUT2D eigenvalue weighted by molar-refractivity contribution is 6.07. The van der Waals surface area contributed by atoms with Crippen molar-refractivity contribution in [2.75, 3.05) is 7.11 Å². The zero-order chi connectivity index (χ0) is 21.1. The molecule has 0 aliphatic carbocycles. The molecule has 0 atom stereocenters. The molecule has 1 N–H and O–H groups in total. The number of carbonyl (C=O) groups is 2. The van der Waals surface area contributed by atoms with Crippen LogP contribution in [0, 0.1) is 0 Å². The summed E-state index contributed by atoms with van der Waals surface area (Å²) in [6.45, 7) is 1.32. The van der Waals surface area contributed by atoms with Crippen LogP contribution in [0.2, 0.25) is 0 Å². The molecule has 6 heteroatoms. The lowest BCUT2D eigenvalue weighted by atomic mass is 10.1. The van der Waals surface area contributed by atoms with Crippen molar-refractivity contribution in [3.63, 3.8) is 0 Å². The molecule has 0 saturated heterocycles. The number of H-pyrrole nitrogens is 1. The summed E-state index contributed by atoms with van der Waals surface area (Å²) in [5.74, 6) is 0.233. The quantitative estimate of drug-likeness (QED) is 0.293. The summed E-state index contributed by atoms with van der Waals surface area (Å²) in [6, 6.07) is 18.4. The molecule has 4 aromatic rings. The van der Waals surface area contributed by atoms with Crippen molar-refractivity contribution in [3.05, 3.63) is 72.3 Å². The van der Waals surface area contributed by atoms with Crippen LogP contribution in [0.5, 0.6) is 17.2 Å². The standard InChI is InChI=1S/C24H19NO5/c1-15(26)29-22-11-7-16(13-23(22)28-2)8-12-24(27)30-17-9-10-21-19(14-17)18-5-3-4-6-20(18)25-21/h3-14,25H,1-2H3/b12-8+. The van der Waals surface area contributed by atoms with Gasteiger partial charge in [-0.05, 0) is 48.0 Å². The van der Waals surface area contributed by atoms with Crippen molar-refractivity contribution in [2.24, 2.45) is 0 Å². The number of hydrogen-bond acceptors (Lipinski definition) is 5. The lowest BCUT2D eigenvalue weighted by molar-refractivity contribution is -0.132. The predicted octanol–water partition coefficient (Wildman–Crippen LogP) is 4.87. The third-order valence-electron chi connectivity index (χ3n) is 4.55. The Labute approximate surface area is 172 Å². The number of benzene rings is 3. The minimum Gasteiger partial charge on any atom is -0.493 e. The number of aromatic nitrogens is 1. The zero-order valence-electron chi connectivity index (χ0n) is 16.5. The minimum atomic E-state index is -0.503. The second-order valence-electron chi connectivity index (χ2n) is 6.64. The molecule has 0 aliphatic heterocycles. The molecule has 30 heavy (non-hydrogen) atoms. The number of ether oxygens (including phenoxy) is 3. The van der Waals surface area contributed by atoms with E-state index in [9.17, 15) is 9.59 Å². The Morgan fingerprint density at radius 1 is 0.867 bits per heavy atom. The Balaban J connectivity index is 1.51. The smallest absolute Gasteiger partial charge is 0.336 e. The van der Waals surface area contributed by atoms with Crippen molar-refractivity contribution in [1.29, 1.82) is 0 Å². The molecule has 1 aromatic heterocycles. The fourth-order valence-electron chi connectivity index (χ4n) is 3.23. The van der Waals surface area contributed by atoms with Crippen LogP contribution in [0.15, 0.2) is 66.7 Å². The Kier molecular flexibility index (Phi) is 5.22. The summed E-state index contributed by atoms with van der Waals surface area (Å²) in [4.78, 5) is 26.7. The average molecular weight is 401 g/mol. The summed E-state index contributed by atoms with van der Waals surface area (Å²) in [6.07, 6.45) is 2.94. The van der Waals surface area contributed by atoms with Crippen molar-refractivity contribution in [1.82, 2.24) is 4.98 Å². The topological polar surface area (TPSA) is 77.6 Å². The van der Waals surface area contributed by atoms with E-state index in [2.05, 4.69) is 4.98 Å². The lowest BCUT2D eigenvalue weighted by Gasteiger charge is -2.08. The molecular weight excluding hydrogens is 382 g/mol. The number of aromatic amines is 1. The van der Waals surface area contributed by atoms with E-state index in [1.807, 2.05) is 36.4 Å². The summed E-state index contributed by atoms with van der Waals surface area (Å²) in [5, 5.41) is 2.06. The Hall–Kier alpha value is -4.06. The van der Waals surface area contributed by atoms with Crippen LogP contribution in [0.3, 0.4) is 0 Å². The van der Waals surface area contributed by atoms with Crippen LogP contribution in [0.4, 0.5) is 0 Å². The van der Waals surface area contributed by atoms with Gasteiger partial charge >= 0.3 is 11.9 Å². The highest BCUT2D eigenvalue weighted by atomic mass is 16.6. The summed E-state index contributed by atoms with van der Waals surface area (Å²) in [5.41, 5.74) is 2.71. The summed E-state index contributed by atoms with van der Waals surface area (Å²) in [7, 11) is 1.48. The van der Waals surface area contributed by atoms with Crippen molar-refractivity contribution < 1.29 is 23.8 Å². The number of para-hydroxylation sites is 1. The first-order chi connectivity index (χ1) is 14.5. The number of esters is 2. The van der Waals surface area contributed by atoms with Gasteiger partial charge in [-0.1, -0.05) is 24.3 Å². The second-order valence-corrected chi connectivity index (χ2v) is 6.64. The van der Waals surface area contributed by atoms with E-state index in [1.165, 1.54) is 20.1 Å². The van der Waals surface area contributed by atoms with E-state index in [0.29, 0.717) is 22.8 Å². The molecule has 0 amide bonds. The van der Waals surface area contributed by atoms with Gasteiger partial charge in [-0.15, -0.1) is 0 Å². The number of carbonyl (C=O) groups excluding carboxylic acids is 2. The van der Waals surface area contributed by atoms with Gasteiger partial charge < -0.3 is 19.2 Å². The molecule has 4 rings (SSSR count). The van der Waals surface area contributed by atoms with E-state index in [1.54, 1.807) is 30.3 Å². The van der Waals surface area contributed by atoms with Gasteiger partial charge in [-0.3, -0.25) is 4.79 Å². The van der Waals surface area contributed by atoms with Gasteiger partial charge in [-0.2, -0.15) is 0 Å². The maximum atomic E-state index is 12.3. The molecule has 1 heterocycles. The van der Waals surface area contributed by atoms with E-state index >= 15 is 0 Å². The first-order valence-corrected chi connectivity index (χ1v) is 9.30. The molecule has 6 nitrogen and oxygen atoms in total. The van der Waals surface area contributed by atoms with E-state index in [-0.39, 0.29) is 0 Å². The van der Waals surface area contributed by atoms with Gasteiger partial charge in [0.1, 0.15) is 5.75 Å². The molecule has 0 radical (unpaired) electrons. The molecule has 0 spiro atoms. The normalized spacial score (nSPS) is 11.1. The van der Waals surface area contributed by atoms with Crippen LogP contribution in [0.1, 0.15) is 12.5 Å². The third-order valence-corrected chi connectivity index (χ3v) is 4.55. The van der Waals surface area contributed by atoms with Gasteiger partial charge in [0.15, 0.2) is 11.5 Å². The molecule has 0 unspecified atom stereocenters. The van der Waals surface area contributed by atoms with Crippen LogP contribution >= 0.6 is 0 Å². The van der Waals surface area contributed by atoms with Crippen LogP contribution in [-0.2, 0) is 9.59 Å². The Morgan fingerprint density at radius 3 is 2.47 bits per heavy atom. The summed E-state index contributed by atoms with van der Waals surface area (Å²) < 4.78 is 15.8. The number of methoxy groups -OCH3 is 1. The van der Waals surface area contributed by atoms with Crippen LogP contribution in [-0.4, -0.2) is 24.0 Å². The number of hydrogen-bond donors (Lipinski definition) is 1. The molecule has 0 bridgehead atoms. The fraction of sp³-hybridized carbons (Fsp3) is 0.0833. The highest BCUT2D eigenvalue weighted by Gasteiger charge is 2.09. The fourth-order valence-corrected chi connectivity index (χ4v) is 3.23. The Bertz CT molecular complexity index is 1290. The first kappa shape index (κ1) is 19.3. The third kappa shape index (κ3) is 4.03. The molecule has 150 valence electrons. The van der Waals surface area contributed by atoms with Gasteiger partial charge in [0.2, 0.25) is 0 Å². The largest absolute Gasteiger partial charge is 0.493 e. The SMILES string of the molecule is COc1cc(/C=C/C(=O)Oc2ccc3[nH]c4ccccc4c3c2)ccc1OC(C)=O. The second kappa shape index (κ2) is 8.13. The van der Waals surface area contributed by atoms with Gasteiger partial charge in [0, 0.05) is 34.8 Å². The van der Waals surface area contributed by atoms with Crippen molar-refractivity contribution in [2.45, 2.75) is 6.92 Å². The molecule has 0 fully saturated rings. The molecular formula is C24H19NO5. The first-order valence-electron chi connectivity index (χ1n) is 9.30. The monoisotopic (exact) mass is 401 g/mol. The minimum absolute atomic E-state index is 0.316. The van der Waals surface area contributed by atoms with E-state index in [0.717, 1.165) is 21.8 Å². The van der Waals surface area contributed by atoms with E-state index < -0.39 is 11.9 Å². The zero-order valence-corrected chi connectivity index (χ0v) is 16.5.